The van der Waals surface area contributed by atoms with Crippen molar-refractivity contribution in [2.45, 2.75) is 45.2 Å². The van der Waals surface area contributed by atoms with Gasteiger partial charge in [0.25, 0.3) is 5.56 Å². The Labute approximate surface area is 204 Å². The van der Waals surface area contributed by atoms with Crippen LogP contribution in [0.2, 0.25) is 0 Å². The Morgan fingerprint density at radius 3 is 2.63 bits per heavy atom. The average molecular weight is 481 g/mol. The van der Waals surface area contributed by atoms with Gasteiger partial charge in [0.15, 0.2) is 5.65 Å². The van der Waals surface area contributed by atoms with Crippen LogP contribution in [0.4, 0.5) is 5.82 Å². The van der Waals surface area contributed by atoms with E-state index >= 15 is 0 Å². The van der Waals surface area contributed by atoms with Crippen LogP contribution in [-0.4, -0.2) is 69.1 Å². The van der Waals surface area contributed by atoms with Gasteiger partial charge in [-0.15, -0.1) is 0 Å². The molecule has 3 aromatic heterocycles. The van der Waals surface area contributed by atoms with E-state index in [0.29, 0.717) is 48.2 Å². The molecule has 11 nitrogen and oxygen atoms in total. The van der Waals surface area contributed by atoms with Gasteiger partial charge in [0, 0.05) is 37.3 Å². The maximum absolute atomic E-state index is 12.1. The van der Waals surface area contributed by atoms with Crippen molar-refractivity contribution >= 4 is 22.9 Å². The van der Waals surface area contributed by atoms with Gasteiger partial charge in [-0.3, -0.25) is 14.2 Å². The van der Waals surface area contributed by atoms with Gasteiger partial charge in [-0.05, 0) is 45.5 Å². The monoisotopic (exact) mass is 480 g/mol. The molecule has 0 aliphatic carbocycles. The van der Waals surface area contributed by atoms with Gasteiger partial charge in [-0.25, -0.2) is 15.0 Å². The van der Waals surface area contributed by atoms with Gasteiger partial charge < -0.3 is 20.3 Å². The Hall–Kier alpha value is -3.44. The summed E-state index contributed by atoms with van der Waals surface area (Å²) in [5.74, 6) is 1.91. The summed E-state index contributed by atoms with van der Waals surface area (Å²) in [6.07, 6.45) is 8.23. The zero-order valence-electron chi connectivity index (χ0n) is 20.3. The minimum absolute atomic E-state index is 0.0339. The molecule has 35 heavy (non-hydrogen) atoms. The molecule has 2 N–H and O–H groups in total. The number of carbonyl (C=O) groups is 1. The van der Waals surface area contributed by atoms with Crippen LogP contribution in [0.1, 0.15) is 37.1 Å². The molecule has 0 bridgehead atoms. The van der Waals surface area contributed by atoms with Gasteiger partial charge in [-0.2, -0.15) is 4.98 Å². The van der Waals surface area contributed by atoms with E-state index in [1.165, 1.54) is 25.5 Å². The first kappa shape index (κ1) is 24.7. The van der Waals surface area contributed by atoms with Crippen molar-refractivity contribution in [1.29, 1.82) is 0 Å². The summed E-state index contributed by atoms with van der Waals surface area (Å²) < 4.78 is 6.84. The molecule has 0 spiro atoms. The van der Waals surface area contributed by atoms with Crippen molar-refractivity contribution in [2.75, 3.05) is 39.1 Å². The van der Waals surface area contributed by atoms with Gasteiger partial charge in [0.05, 0.1) is 19.9 Å². The topological polar surface area (TPSA) is 127 Å². The molecule has 2 aliphatic rings. The number of methoxy groups -OCH3 is 1. The number of likely N-dealkylation sites (tertiary alicyclic amines) is 1. The molecule has 5 heterocycles. The van der Waals surface area contributed by atoms with E-state index in [2.05, 4.69) is 35.5 Å². The number of hydrogen-bond donors (Lipinski definition) is 2. The van der Waals surface area contributed by atoms with Crippen LogP contribution < -0.4 is 20.9 Å². The van der Waals surface area contributed by atoms with Crippen molar-refractivity contribution in [2.24, 2.45) is 0 Å². The minimum Gasteiger partial charge on any atom is -0.481 e. The number of hydrogen-bond acceptors (Lipinski definition) is 9. The number of aromatic nitrogens is 5. The highest BCUT2D eigenvalue weighted by molar-refractivity contribution is 5.92. The van der Waals surface area contributed by atoms with Crippen LogP contribution in [-0.2, 0) is 24.3 Å². The number of ether oxygens (including phenoxy) is 1. The Morgan fingerprint density at radius 2 is 1.86 bits per heavy atom. The van der Waals surface area contributed by atoms with Crippen molar-refractivity contribution in [3.05, 3.63) is 46.3 Å². The Bertz CT molecular complexity index is 1220. The maximum Gasteiger partial charge on any atom is 0.270 e. The summed E-state index contributed by atoms with van der Waals surface area (Å²) in [6.45, 7) is 4.36. The molecule has 0 saturated carbocycles. The van der Waals surface area contributed by atoms with E-state index in [1.807, 2.05) is 13.1 Å². The molecule has 5 rings (SSSR count). The molecule has 0 atom stereocenters. The van der Waals surface area contributed by atoms with Gasteiger partial charge in [0.1, 0.15) is 17.2 Å². The molecule has 3 aromatic rings. The molecule has 1 fully saturated rings. The molecule has 0 aromatic carbocycles. The number of pyridine rings is 1. The smallest absolute Gasteiger partial charge is 0.270 e. The summed E-state index contributed by atoms with van der Waals surface area (Å²) in [5.41, 5.74) is 2.22. The standard InChI is InChI=1S/C15H20N4O2.C9H12N4O/c1-21-13-6-5-12-15(17-13)19(14(20)11-16-12)10-9-18-7-3-2-4-8-18;1-10-5-7-11-4-6-2-3-8(14)13-9(6)12-7/h5-6,11H,2-4,7-10H2,1H3;4,10H,2-3,5H2,1H3,(H,11,12,13,14). The largest absolute Gasteiger partial charge is 0.481 e. The van der Waals surface area contributed by atoms with Crippen molar-refractivity contribution in [3.8, 4) is 5.88 Å². The lowest BCUT2D eigenvalue weighted by molar-refractivity contribution is -0.116. The van der Waals surface area contributed by atoms with E-state index in [4.69, 9.17) is 4.74 Å². The Balaban J connectivity index is 0.000000179. The van der Waals surface area contributed by atoms with Crippen LogP contribution in [0.25, 0.3) is 11.2 Å². The number of fused-ring (bicyclic) bond motifs is 2. The summed E-state index contributed by atoms with van der Waals surface area (Å²) in [5, 5.41) is 5.71. The molecule has 186 valence electrons. The predicted molar refractivity (Wildman–Crippen MR) is 132 cm³/mol. The zero-order chi connectivity index (χ0) is 24.6. The number of nitrogens with zero attached hydrogens (tertiary/aromatic N) is 6. The fourth-order valence-electron chi connectivity index (χ4n) is 4.20. The third-order valence-corrected chi connectivity index (χ3v) is 6.09. The number of nitrogens with one attached hydrogen (secondary N) is 2. The Kier molecular flexibility index (Phi) is 8.32. The molecule has 1 amide bonds. The lowest BCUT2D eigenvalue weighted by Gasteiger charge is -2.26. The van der Waals surface area contributed by atoms with Crippen LogP contribution in [0, 0.1) is 0 Å². The van der Waals surface area contributed by atoms with Crippen molar-refractivity contribution in [3.63, 3.8) is 0 Å². The fourth-order valence-corrected chi connectivity index (χ4v) is 4.20. The number of anilines is 1. The van der Waals surface area contributed by atoms with Gasteiger partial charge in [0.2, 0.25) is 11.8 Å². The van der Waals surface area contributed by atoms with Crippen LogP contribution >= 0.6 is 0 Å². The molecule has 11 heteroatoms. The van der Waals surface area contributed by atoms with E-state index in [0.717, 1.165) is 31.6 Å². The molecule has 0 unspecified atom stereocenters. The zero-order valence-corrected chi connectivity index (χ0v) is 20.3. The summed E-state index contributed by atoms with van der Waals surface area (Å²) in [4.78, 5) is 42.6. The summed E-state index contributed by atoms with van der Waals surface area (Å²) in [7, 11) is 3.40. The van der Waals surface area contributed by atoms with E-state index in [-0.39, 0.29) is 11.5 Å². The molecular weight excluding hydrogens is 448 g/mol. The SMILES string of the molecule is CNCc1ncc2c(n1)NC(=O)CC2.COc1ccc2ncc(=O)n(CCN3CCCCC3)c2n1. The van der Waals surface area contributed by atoms with Crippen molar-refractivity contribution in [1.82, 2.24) is 34.7 Å². The number of aryl methyl sites for hydroxylation is 1. The molecule has 1 saturated heterocycles. The highest BCUT2D eigenvalue weighted by atomic mass is 16.5. The summed E-state index contributed by atoms with van der Waals surface area (Å²) in [6, 6.07) is 3.59. The average Bonchev–Trinajstić information content (AvgIpc) is 2.89. The third-order valence-electron chi connectivity index (χ3n) is 6.09. The highest BCUT2D eigenvalue weighted by Crippen LogP contribution is 2.18. The lowest BCUT2D eigenvalue weighted by Crippen LogP contribution is -2.35. The Morgan fingerprint density at radius 1 is 1.03 bits per heavy atom. The second kappa shape index (κ2) is 11.8. The van der Waals surface area contributed by atoms with Crippen LogP contribution in [0.5, 0.6) is 5.88 Å². The van der Waals surface area contributed by atoms with Gasteiger partial charge >= 0.3 is 0 Å². The van der Waals surface area contributed by atoms with E-state index < -0.39 is 0 Å². The molecule has 2 aliphatic heterocycles. The second-order valence-corrected chi connectivity index (χ2v) is 8.59. The van der Waals surface area contributed by atoms with Gasteiger partial charge in [-0.1, -0.05) is 6.42 Å². The van der Waals surface area contributed by atoms with E-state index in [1.54, 1.807) is 23.9 Å². The molecule has 0 radical (unpaired) electrons. The predicted octanol–water partition coefficient (Wildman–Crippen LogP) is 1.37. The second-order valence-electron chi connectivity index (χ2n) is 8.59. The van der Waals surface area contributed by atoms with Crippen LogP contribution in [0.15, 0.2) is 29.3 Å². The number of amides is 1. The summed E-state index contributed by atoms with van der Waals surface area (Å²) >= 11 is 0. The lowest BCUT2D eigenvalue weighted by atomic mass is 10.1. The highest BCUT2D eigenvalue weighted by Gasteiger charge is 2.16. The maximum atomic E-state index is 12.1. The van der Waals surface area contributed by atoms with E-state index in [9.17, 15) is 9.59 Å². The number of piperidine rings is 1. The minimum atomic E-state index is -0.111. The molecular formula is C24H32N8O3. The number of rotatable bonds is 6. The van der Waals surface area contributed by atoms with Crippen LogP contribution in [0.3, 0.4) is 0 Å². The third kappa shape index (κ3) is 6.37. The first-order chi connectivity index (χ1) is 17.1. The number of carbonyl (C=O) groups excluding carboxylic acids is 1. The quantitative estimate of drug-likeness (QED) is 0.538. The van der Waals surface area contributed by atoms with Crippen molar-refractivity contribution < 1.29 is 9.53 Å². The fraction of sp³-hybridized carbons (Fsp3) is 0.500. The first-order valence-electron chi connectivity index (χ1n) is 12.0. The first-order valence-corrected chi connectivity index (χ1v) is 12.0. The normalized spacial score (nSPS) is 15.7.